The average molecular weight is 455 g/mol. The van der Waals surface area contributed by atoms with Crippen LogP contribution in [0.25, 0.3) is 5.57 Å². The highest BCUT2D eigenvalue weighted by atomic mass is 16.5. The van der Waals surface area contributed by atoms with Crippen molar-refractivity contribution in [3.8, 4) is 11.5 Å². The highest BCUT2D eigenvalue weighted by Crippen LogP contribution is 2.40. The molecule has 0 saturated heterocycles. The van der Waals surface area contributed by atoms with E-state index in [1.54, 1.807) is 24.3 Å². The van der Waals surface area contributed by atoms with E-state index in [0.29, 0.717) is 48.0 Å². The van der Waals surface area contributed by atoms with Crippen LogP contribution in [0.15, 0.2) is 78.5 Å². The van der Waals surface area contributed by atoms with Crippen molar-refractivity contribution in [1.82, 2.24) is 0 Å². The van der Waals surface area contributed by atoms with Gasteiger partial charge in [0.1, 0.15) is 17.2 Å². The first kappa shape index (κ1) is 21.8. The number of para-hydroxylation sites is 1. The number of nitrogens with zero attached hydrogens (tertiary/aromatic N) is 2. The fourth-order valence-corrected chi connectivity index (χ4v) is 4.58. The smallest absolute Gasteiger partial charge is 0.282 e. The molecule has 0 unspecified atom stereocenters. The van der Waals surface area contributed by atoms with E-state index in [-0.39, 0.29) is 11.8 Å². The number of hydrogen-bond acceptors (Lipinski definition) is 5. The summed E-state index contributed by atoms with van der Waals surface area (Å²) in [6.45, 7) is 5.58. The number of anilines is 2. The van der Waals surface area contributed by atoms with Gasteiger partial charge in [-0.1, -0.05) is 30.3 Å². The summed E-state index contributed by atoms with van der Waals surface area (Å²) in [4.78, 5) is 30.8. The number of carbonyl (C=O) groups is 2. The summed E-state index contributed by atoms with van der Waals surface area (Å²) in [5.41, 5.74) is 4.15. The number of fused-ring (bicyclic) bond motifs is 1. The molecule has 3 aromatic carbocycles. The van der Waals surface area contributed by atoms with Crippen molar-refractivity contribution in [2.75, 3.05) is 29.6 Å². The van der Waals surface area contributed by atoms with Gasteiger partial charge in [-0.25, -0.2) is 4.90 Å². The van der Waals surface area contributed by atoms with Crippen LogP contribution in [0.2, 0.25) is 0 Å². The molecule has 0 atom stereocenters. The number of carbonyl (C=O) groups excluding carboxylic acids is 2. The molecule has 2 amide bonds. The van der Waals surface area contributed by atoms with Crippen molar-refractivity contribution in [3.63, 3.8) is 0 Å². The lowest BCUT2D eigenvalue weighted by molar-refractivity contribution is -0.120. The number of hydrogen-bond donors (Lipinski definition) is 0. The Kier molecular flexibility index (Phi) is 5.80. The second kappa shape index (κ2) is 9.06. The van der Waals surface area contributed by atoms with Crippen molar-refractivity contribution in [1.29, 1.82) is 0 Å². The molecule has 0 saturated carbocycles. The quantitative estimate of drug-likeness (QED) is 0.479. The summed E-state index contributed by atoms with van der Waals surface area (Å²) in [6.07, 6.45) is 0.820. The van der Waals surface area contributed by atoms with Gasteiger partial charge in [-0.05, 0) is 73.9 Å². The van der Waals surface area contributed by atoms with E-state index in [4.69, 9.17) is 9.47 Å². The lowest BCUT2D eigenvalue weighted by Crippen LogP contribution is -2.34. The molecule has 34 heavy (non-hydrogen) atoms. The zero-order valence-corrected chi connectivity index (χ0v) is 19.3. The average Bonchev–Trinajstić information content (AvgIpc) is 3.38. The second-order valence-corrected chi connectivity index (χ2v) is 8.08. The standard InChI is InChI=1S/C28H26N2O4/c1-3-33-22-13-9-20(10-14-22)25-26(29-18-17-19-7-5-6-8-24(19)29)28(32)30(27(25)31)21-11-15-23(16-12-21)34-4-2/h5-16H,3-4,17-18H2,1-2H3. The molecular weight excluding hydrogens is 428 g/mol. The van der Waals surface area contributed by atoms with Crippen molar-refractivity contribution in [2.24, 2.45) is 0 Å². The minimum atomic E-state index is -0.335. The zero-order chi connectivity index (χ0) is 23.7. The summed E-state index contributed by atoms with van der Waals surface area (Å²) in [7, 11) is 0. The van der Waals surface area contributed by atoms with Crippen LogP contribution in [-0.4, -0.2) is 31.6 Å². The molecule has 2 aliphatic rings. The lowest BCUT2D eigenvalue weighted by atomic mass is 10.0. The highest BCUT2D eigenvalue weighted by Gasteiger charge is 2.44. The molecule has 0 spiro atoms. The van der Waals surface area contributed by atoms with Crippen molar-refractivity contribution < 1.29 is 19.1 Å². The third-order valence-corrected chi connectivity index (χ3v) is 6.08. The number of ether oxygens (including phenoxy) is 2. The van der Waals surface area contributed by atoms with Crippen LogP contribution in [0.1, 0.15) is 25.0 Å². The number of imide groups is 1. The number of amides is 2. The molecule has 0 radical (unpaired) electrons. The van der Waals surface area contributed by atoms with Crippen molar-refractivity contribution >= 4 is 28.8 Å². The molecule has 6 heteroatoms. The van der Waals surface area contributed by atoms with Crippen LogP contribution >= 0.6 is 0 Å². The maximum Gasteiger partial charge on any atom is 0.282 e. The normalized spacial score (nSPS) is 15.2. The summed E-state index contributed by atoms with van der Waals surface area (Å²) in [5, 5.41) is 0. The Hall–Kier alpha value is -4.06. The van der Waals surface area contributed by atoms with E-state index in [0.717, 1.165) is 17.9 Å². The Balaban J connectivity index is 1.60. The second-order valence-electron chi connectivity index (χ2n) is 8.08. The van der Waals surface area contributed by atoms with E-state index >= 15 is 0 Å². The molecule has 0 bridgehead atoms. The summed E-state index contributed by atoms with van der Waals surface area (Å²) in [6, 6.07) is 22.4. The summed E-state index contributed by atoms with van der Waals surface area (Å²) < 4.78 is 11.1. The number of rotatable bonds is 7. The van der Waals surface area contributed by atoms with Gasteiger partial charge in [0.2, 0.25) is 0 Å². The molecule has 0 fully saturated rings. The Morgan fingerprint density at radius 1 is 0.765 bits per heavy atom. The Bertz CT molecular complexity index is 1260. The van der Waals surface area contributed by atoms with Gasteiger partial charge in [0.15, 0.2) is 0 Å². The van der Waals surface area contributed by atoms with Crippen molar-refractivity contribution in [2.45, 2.75) is 20.3 Å². The third kappa shape index (κ3) is 3.71. The Morgan fingerprint density at radius 2 is 1.38 bits per heavy atom. The first-order valence-electron chi connectivity index (χ1n) is 11.6. The molecule has 0 aliphatic carbocycles. The van der Waals surface area contributed by atoms with Crippen LogP contribution in [0, 0.1) is 0 Å². The predicted octanol–water partition coefficient (Wildman–Crippen LogP) is 4.83. The van der Waals surface area contributed by atoms with Gasteiger partial charge in [0.05, 0.1) is 24.5 Å². The monoisotopic (exact) mass is 454 g/mol. The Morgan fingerprint density at radius 3 is 2.03 bits per heavy atom. The van der Waals surface area contributed by atoms with E-state index in [2.05, 4.69) is 6.07 Å². The molecule has 172 valence electrons. The van der Waals surface area contributed by atoms with E-state index in [1.807, 2.05) is 61.2 Å². The van der Waals surface area contributed by atoms with Crippen LogP contribution in [0.3, 0.4) is 0 Å². The molecule has 2 aliphatic heterocycles. The molecule has 5 rings (SSSR count). The molecular formula is C28H26N2O4. The predicted molar refractivity (Wildman–Crippen MR) is 132 cm³/mol. The van der Waals surface area contributed by atoms with Gasteiger partial charge >= 0.3 is 0 Å². The SMILES string of the molecule is CCOc1ccc(C2=C(N3CCc4ccccc43)C(=O)N(c3ccc(OCC)cc3)C2=O)cc1. The largest absolute Gasteiger partial charge is 0.494 e. The Labute approximate surface area is 199 Å². The van der Waals surface area contributed by atoms with E-state index in [9.17, 15) is 9.59 Å². The maximum absolute atomic E-state index is 13.8. The fourth-order valence-electron chi connectivity index (χ4n) is 4.58. The summed E-state index contributed by atoms with van der Waals surface area (Å²) >= 11 is 0. The van der Waals surface area contributed by atoms with Gasteiger partial charge in [0, 0.05) is 12.2 Å². The highest BCUT2D eigenvalue weighted by molar-refractivity contribution is 6.46. The molecule has 3 aromatic rings. The minimum absolute atomic E-state index is 0.324. The maximum atomic E-state index is 13.8. The van der Waals surface area contributed by atoms with Crippen LogP contribution in [0.4, 0.5) is 11.4 Å². The van der Waals surface area contributed by atoms with Crippen LogP contribution < -0.4 is 19.3 Å². The van der Waals surface area contributed by atoms with Gasteiger partial charge in [-0.15, -0.1) is 0 Å². The van der Waals surface area contributed by atoms with E-state index < -0.39 is 0 Å². The van der Waals surface area contributed by atoms with Gasteiger partial charge < -0.3 is 14.4 Å². The molecule has 0 aromatic heterocycles. The zero-order valence-electron chi connectivity index (χ0n) is 19.3. The topological polar surface area (TPSA) is 59.1 Å². The number of benzene rings is 3. The van der Waals surface area contributed by atoms with Crippen molar-refractivity contribution in [3.05, 3.63) is 89.6 Å². The molecule has 6 nitrogen and oxygen atoms in total. The van der Waals surface area contributed by atoms with Crippen LogP contribution in [0.5, 0.6) is 11.5 Å². The molecule has 2 heterocycles. The van der Waals surface area contributed by atoms with Gasteiger partial charge in [-0.2, -0.15) is 0 Å². The van der Waals surface area contributed by atoms with E-state index in [1.165, 1.54) is 10.5 Å². The lowest BCUT2D eigenvalue weighted by Gasteiger charge is -2.22. The summed E-state index contributed by atoms with van der Waals surface area (Å²) in [5.74, 6) is 0.756. The fraction of sp³-hybridized carbons (Fsp3) is 0.214. The first-order valence-corrected chi connectivity index (χ1v) is 11.6. The third-order valence-electron chi connectivity index (χ3n) is 6.08. The molecule has 0 N–H and O–H groups in total. The first-order chi connectivity index (χ1) is 16.6. The van der Waals surface area contributed by atoms with Gasteiger partial charge in [-0.3, -0.25) is 9.59 Å². The minimum Gasteiger partial charge on any atom is -0.494 e. The van der Waals surface area contributed by atoms with Gasteiger partial charge in [0.25, 0.3) is 11.8 Å². The van der Waals surface area contributed by atoms with Crippen LogP contribution in [-0.2, 0) is 16.0 Å².